The molecule has 1 aliphatic heterocycles. The number of halogens is 1. The molecule has 150 valence electrons. The van der Waals surface area contributed by atoms with Gasteiger partial charge in [-0.05, 0) is 30.3 Å². The zero-order valence-corrected chi connectivity index (χ0v) is 16.6. The molecule has 1 saturated heterocycles. The second kappa shape index (κ2) is 9.46. The fraction of sp³-hybridized carbons (Fsp3) is 0.333. The van der Waals surface area contributed by atoms with Crippen molar-refractivity contribution in [1.82, 2.24) is 9.29 Å². The number of sulfonamides is 1. The number of pyridine rings is 1. The minimum Gasteiger partial charge on any atom is -0.379 e. The van der Waals surface area contributed by atoms with Crippen molar-refractivity contribution in [3.63, 3.8) is 0 Å². The number of carbonyl (C=O) groups excluding carboxylic acids is 1. The number of benzene rings is 1. The summed E-state index contributed by atoms with van der Waals surface area (Å²) in [6.45, 7) is 0.876. The van der Waals surface area contributed by atoms with E-state index in [0.29, 0.717) is 5.75 Å². The smallest absolute Gasteiger partial charge is 0.246 e. The van der Waals surface area contributed by atoms with Gasteiger partial charge in [-0.1, -0.05) is 6.07 Å². The molecule has 0 unspecified atom stereocenters. The third kappa shape index (κ3) is 5.28. The Labute approximate surface area is 167 Å². The molecule has 1 N–H and O–H groups in total. The van der Waals surface area contributed by atoms with Crippen LogP contribution >= 0.6 is 11.8 Å². The first-order valence-corrected chi connectivity index (χ1v) is 11.2. The van der Waals surface area contributed by atoms with Crippen LogP contribution in [0.2, 0.25) is 0 Å². The van der Waals surface area contributed by atoms with Crippen molar-refractivity contribution in [2.45, 2.75) is 10.6 Å². The number of anilines is 1. The molecule has 7 nitrogen and oxygen atoms in total. The quantitative estimate of drug-likeness (QED) is 0.731. The highest BCUT2D eigenvalue weighted by Crippen LogP contribution is 2.24. The number of nitrogens with zero attached hydrogens (tertiary/aromatic N) is 2. The lowest BCUT2D eigenvalue weighted by Crippen LogP contribution is -2.40. The summed E-state index contributed by atoms with van der Waals surface area (Å²) in [5.41, 5.74) is 1.10. The van der Waals surface area contributed by atoms with Crippen molar-refractivity contribution >= 4 is 33.4 Å². The molecule has 1 amide bonds. The first-order chi connectivity index (χ1) is 13.5. The van der Waals surface area contributed by atoms with Gasteiger partial charge in [0, 0.05) is 30.7 Å². The van der Waals surface area contributed by atoms with Crippen molar-refractivity contribution < 1.29 is 22.3 Å². The van der Waals surface area contributed by atoms with Gasteiger partial charge in [0.15, 0.2) is 0 Å². The predicted octanol–water partition coefficient (Wildman–Crippen LogP) is 2.11. The normalized spacial score (nSPS) is 15.3. The molecular formula is C18H20FN3O4S2. The number of hydrogen-bond donors (Lipinski definition) is 1. The van der Waals surface area contributed by atoms with E-state index in [4.69, 9.17) is 4.74 Å². The lowest BCUT2D eigenvalue weighted by Gasteiger charge is -2.26. The maximum atomic E-state index is 14.2. The van der Waals surface area contributed by atoms with Gasteiger partial charge in [0.1, 0.15) is 10.7 Å². The van der Waals surface area contributed by atoms with E-state index in [2.05, 4.69) is 10.3 Å². The number of thioether (sulfide) groups is 1. The Hall–Kier alpha value is -2.01. The lowest BCUT2D eigenvalue weighted by molar-refractivity contribution is -0.113. The van der Waals surface area contributed by atoms with Crippen molar-refractivity contribution in [2.24, 2.45) is 0 Å². The average molecular weight is 426 g/mol. The van der Waals surface area contributed by atoms with Gasteiger partial charge >= 0.3 is 0 Å². The van der Waals surface area contributed by atoms with Gasteiger partial charge in [-0.25, -0.2) is 12.8 Å². The van der Waals surface area contributed by atoms with E-state index >= 15 is 0 Å². The first kappa shape index (κ1) is 20.7. The summed E-state index contributed by atoms with van der Waals surface area (Å²) in [5, 5.41) is 2.62. The Morgan fingerprint density at radius 3 is 2.75 bits per heavy atom. The largest absolute Gasteiger partial charge is 0.379 e. The maximum absolute atomic E-state index is 14.2. The topological polar surface area (TPSA) is 88.6 Å². The summed E-state index contributed by atoms with van der Waals surface area (Å²) in [4.78, 5) is 15.9. The van der Waals surface area contributed by atoms with Gasteiger partial charge in [0.25, 0.3) is 0 Å². The number of carbonyl (C=O) groups is 1. The van der Waals surface area contributed by atoms with Gasteiger partial charge < -0.3 is 10.1 Å². The van der Waals surface area contributed by atoms with Crippen LogP contribution in [0.15, 0.2) is 47.5 Å². The zero-order valence-electron chi connectivity index (χ0n) is 15.0. The van der Waals surface area contributed by atoms with Crippen LogP contribution in [0.1, 0.15) is 5.69 Å². The van der Waals surface area contributed by atoms with Crippen LogP contribution in [0.3, 0.4) is 0 Å². The number of morpholine rings is 1. The van der Waals surface area contributed by atoms with Crippen molar-refractivity contribution in [1.29, 1.82) is 0 Å². The van der Waals surface area contributed by atoms with Gasteiger partial charge in [0.05, 0.1) is 24.7 Å². The van der Waals surface area contributed by atoms with Crippen LogP contribution in [0.25, 0.3) is 0 Å². The molecule has 0 aliphatic carbocycles. The van der Waals surface area contributed by atoms with Crippen molar-refractivity contribution in [2.75, 3.05) is 37.4 Å². The summed E-state index contributed by atoms with van der Waals surface area (Å²) in [6.07, 6.45) is 1.69. The van der Waals surface area contributed by atoms with E-state index in [9.17, 15) is 17.6 Å². The summed E-state index contributed by atoms with van der Waals surface area (Å²) < 4.78 is 45.9. The average Bonchev–Trinajstić information content (AvgIpc) is 2.71. The summed E-state index contributed by atoms with van der Waals surface area (Å²) in [7, 11) is -3.99. The second-order valence-electron chi connectivity index (χ2n) is 6.02. The Bertz CT molecular complexity index is 920. The molecule has 1 aromatic heterocycles. The Balaban J connectivity index is 1.63. The molecule has 2 aromatic rings. The maximum Gasteiger partial charge on any atom is 0.246 e. The molecule has 28 heavy (non-hydrogen) atoms. The summed E-state index contributed by atoms with van der Waals surface area (Å²) >= 11 is 1.38. The predicted molar refractivity (Wildman–Crippen MR) is 105 cm³/mol. The van der Waals surface area contributed by atoms with Crippen molar-refractivity contribution in [3.8, 4) is 0 Å². The number of rotatable bonds is 7. The third-order valence-electron chi connectivity index (χ3n) is 4.01. The SMILES string of the molecule is O=C(CSCc1ccccn1)Nc1ccc(F)c(S(=O)(=O)N2CCOCC2)c1. The Kier molecular flexibility index (Phi) is 7.00. The van der Waals surface area contributed by atoms with Crippen LogP contribution in [0, 0.1) is 5.82 Å². The van der Waals surface area contributed by atoms with Gasteiger partial charge in [-0.15, -0.1) is 11.8 Å². The van der Waals surface area contributed by atoms with E-state index in [0.717, 1.165) is 17.8 Å². The van der Waals surface area contributed by atoms with E-state index < -0.39 is 20.7 Å². The first-order valence-electron chi connectivity index (χ1n) is 8.62. The monoisotopic (exact) mass is 425 g/mol. The molecule has 0 radical (unpaired) electrons. The number of ether oxygens (including phenoxy) is 1. The molecular weight excluding hydrogens is 405 g/mol. The van der Waals surface area contributed by atoms with Crippen LogP contribution in [-0.4, -0.2) is 55.7 Å². The minimum atomic E-state index is -3.99. The van der Waals surface area contributed by atoms with Crippen LogP contribution in [0.5, 0.6) is 0 Å². The van der Waals surface area contributed by atoms with Gasteiger partial charge in [0.2, 0.25) is 15.9 Å². The van der Waals surface area contributed by atoms with E-state index in [-0.39, 0.29) is 43.7 Å². The van der Waals surface area contributed by atoms with E-state index in [1.807, 2.05) is 18.2 Å². The standard InChI is InChI=1S/C18H20FN3O4S2/c19-16-5-4-14(11-17(16)28(24,25)22-7-9-26-10-8-22)21-18(23)13-27-12-15-3-1-2-6-20-15/h1-6,11H,7-10,12-13H2,(H,21,23). The van der Waals surface area contributed by atoms with Crippen LogP contribution in [-0.2, 0) is 25.3 Å². The molecule has 1 fully saturated rings. The number of hydrogen-bond acceptors (Lipinski definition) is 6. The molecule has 3 rings (SSSR count). The second-order valence-corrected chi connectivity index (χ2v) is 8.92. The molecule has 0 atom stereocenters. The summed E-state index contributed by atoms with van der Waals surface area (Å²) in [5.74, 6) is -0.412. The molecule has 1 aromatic carbocycles. The van der Waals surface area contributed by atoms with E-state index in [1.54, 1.807) is 6.20 Å². The molecule has 0 spiro atoms. The highest BCUT2D eigenvalue weighted by atomic mass is 32.2. The molecule has 0 bridgehead atoms. The fourth-order valence-electron chi connectivity index (χ4n) is 2.63. The minimum absolute atomic E-state index is 0.166. The number of aromatic nitrogens is 1. The van der Waals surface area contributed by atoms with Crippen molar-refractivity contribution in [3.05, 3.63) is 54.1 Å². The summed E-state index contributed by atoms with van der Waals surface area (Å²) in [6, 6.07) is 9.10. The highest BCUT2D eigenvalue weighted by molar-refractivity contribution is 7.99. The number of nitrogens with one attached hydrogen (secondary N) is 1. The van der Waals surface area contributed by atoms with E-state index in [1.165, 1.54) is 22.1 Å². The third-order valence-corrected chi connectivity index (χ3v) is 6.89. The zero-order chi connectivity index (χ0) is 20.0. The molecule has 10 heteroatoms. The number of amides is 1. The Morgan fingerprint density at radius 2 is 2.04 bits per heavy atom. The van der Waals surface area contributed by atoms with Crippen LogP contribution < -0.4 is 5.32 Å². The molecule has 0 saturated carbocycles. The van der Waals surface area contributed by atoms with Gasteiger partial charge in [-0.2, -0.15) is 4.31 Å². The van der Waals surface area contributed by atoms with Gasteiger partial charge in [-0.3, -0.25) is 9.78 Å². The molecule has 2 heterocycles. The fourth-order valence-corrected chi connectivity index (χ4v) is 4.87. The highest BCUT2D eigenvalue weighted by Gasteiger charge is 2.29. The lowest BCUT2D eigenvalue weighted by atomic mass is 10.3. The molecule has 1 aliphatic rings. The Morgan fingerprint density at radius 1 is 1.25 bits per heavy atom. The van der Waals surface area contributed by atoms with Crippen LogP contribution in [0.4, 0.5) is 10.1 Å².